The third-order valence-corrected chi connectivity index (χ3v) is 2.66. The number of hydrogen-bond donors (Lipinski definition) is 4. The maximum atomic E-state index is 9.89. The van der Waals surface area contributed by atoms with Crippen molar-refractivity contribution in [3.8, 4) is 0 Å². The van der Waals surface area contributed by atoms with E-state index in [9.17, 15) is 10.2 Å². The van der Waals surface area contributed by atoms with E-state index in [1.54, 1.807) is 25.2 Å². The van der Waals surface area contributed by atoms with Crippen LogP contribution in [-0.4, -0.2) is 29.9 Å². The average Bonchev–Trinajstić information content (AvgIpc) is 2.25. The molecule has 0 spiro atoms. The fraction of sp³-hybridized carbons (Fsp3) is 0.455. The topological polar surface area (TPSA) is 78.5 Å². The first-order valence-corrected chi connectivity index (χ1v) is 5.49. The van der Waals surface area contributed by atoms with Crippen LogP contribution in [0.4, 0.5) is 5.69 Å². The molecule has 1 aromatic rings. The third-order valence-electron chi connectivity index (χ3n) is 2.42. The SMILES string of the molecule is CNCCC(O)C(O)c1ccc(Cl)cc1N. The highest BCUT2D eigenvalue weighted by Crippen LogP contribution is 2.26. The van der Waals surface area contributed by atoms with E-state index in [1.807, 2.05) is 0 Å². The van der Waals surface area contributed by atoms with Crippen LogP contribution in [0.1, 0.15) is 18.1 Å². The number of rotatable bonds is 5. The Hall–Kier alpha value is -0.810. The van der Waals surface area contributed by atoms with Gasteiger partial charge >= 0.3 is 0 Å². The Labute approximate surface area is 100 Å². The van der Waals surface area contributed by atoms with Gasteiger partial charge in [0, 0.05) is 16.3 Å². The van der Waals surface area contributed by atoms with Crippen molar-refractivity contribution in [1.82, 2.24) is 5.32 Å². The van der Waals surface area contributed by atoms with Gasteiger partial charge in [0.05, 0.1) is 6.10 Å². The van der Waals surface area contributed by atoms with Crippen molar-refractivity contribution in [2.75, 3.05) is 19.3 Å². The van der Waals surface area contributed by atoms with Gasteiger partial charge in [-0.15, -0.1) is 0 Å². The first-order valence-electron chi connectivity index (χ1n) is 5.12. The van der Waals surface area contributed by atoms with Gasteiger partial charge in [0.2, 0.25) is 0 Å². The maximum Gasteiger partial charge on any atom is 0.107 e. The minimum absolute atomic E-state index is 0.392. The molecule has 4 nitrogen and oxygen atoms in total. The van der Waals surface area contributed by atoms with Gasteiger partial charge in [-0.25, -0.2) is 0 Å². The van der Waals surface area contributed by atoms with E-state index in [0.717, 1.165) is 0 Å². The Morgan fingerprint density at radius 2 is 2.12 bits per heavy atom. The van der Waals surface area contributed by atoms with Gasteiger partial charge in [-0.2, -0.15) is 0 Å². The Morgan fingerprint density at radius 3 is 2.69 bits per heavy atom. The molecular weight excluding hydrogens is 228 g/mol. The van der Waals surface area contributed by atoms with Crippen LogP contribution in [0.2, 0.25) is 5.02 Å². The highest BCUT2D eigenvalue weighted by atomic mass is 35.5. The van der Waals surface area contributed by atoms with Crippen LogP contribution >= 0.6 is 11.6 Å². The van der Waals surface area contributed by atoms with Crippen molar-refractivity contribution in [1.29, 1.82) is 0 Å². The van der Waals surface area contributed by atoms with Crippen LogP contribution in [-0.2, 0) is 0 Å². The van der Waals surface area contributed by atoms with E-state index in [4.69, 9.17) is 17.3 Å². The first kappa shape index (κ1) is 13.3. The summed E-state index contributed by atoms with van der Waals surface area (Å²) >= 11 is 5.75. The second-order valence-electron chi connectivity index (χ2n) is 3.68. The standard InChI is InChI=1S/C11H17ClN2O2/c1-14-5-4-10(15)11(16)8-3-2-7(12)6-9(8)13/h2-3,6,10-11,14-16H,4-5,13H2,1H3. The molecule has 1 aromatic carbocycles. The zero-order valence-electron chi connectivity index (χ0n) is 9.15. The van der Waals surface area contributed by atoms with E-state index in [2.05, 4.69) is 5.32 Å². The van der Waals surface area contributed by atoms with E-state index < -0.39 is 12.2 Å². The molecule has 16 heavy (non-hydrogen) atoms. The molecule has 0 fully saturated rings. The average molecular weight is 245 g/mol. The quantitative estimate of drug-likeness (QED) is 0.581. The van der Waals surface area contributed by atoms with Gasteiger partial charge in [0.25, 0.3) is 0 Å². The molecule has 90 valence electrons. The Balaban J connectivity index is 2.75. The van der Waals surface area contributed by atoms with E-state index in [0.29, 0.717) is 29.2 Å². The number of benzene rings is 1. The molecule has 0 amide bonds. The number of nitrogen functional groups attached to an aromatic ring is 1. The molecule has 5 N–H and O–H groups in total. The molecule has 0 bridgehead atoms. The van der Waals surface area contributed by atoms with Crippen molar-refractivity contribution in [3.05, 3.63) is 28.8 Å². The predicted octanol–water partition coefficient (Wildman–Crippen LogP) is 0.926. The van der Waals surface area contributed by atoms with Crippen LogP contribution < -0.4 is 11.1 Å². The van der Waals surface area contributed by atoms with Gasteiger partial charge in [-0.05, 0) is 32.1 Å². The van der Waals surface area contributed by atoms with E-state index >= 15 is 0 Å². The fourth-order valence-corrected chi connectivity index (χ4v) is 1.65. The number of nitrogens with one attached hydrogen (secondary N) is 1. The normalized spacial score (nSPS) is 14.8. The number of aliphatic hydroxyl groups excluding tert-OH is 2. The highest BCUT2D eigenvalue weighted by Gasteiger charge is 2.19. The van der Waals surface area contributed by atoms with Crippen LogP contribution in [0.5, 0.6) is 0 Å². The Bertz CT molecular complexity index is 347. The number of anilines is 1. The lowest BCUT2D eigenvalue weighted by atomic mass is 10.0. The summed E-state index contributed by atoms with van der Waals surface area (Å²) in [4.78, 5) is 0. The molecule has 2 unspecified atom stereocenters. The lowest BCUT2D eigenvalue weighted by molar-refractivity contribution is 0.0144. The summed E-state index contributed by atoms with van der Waals surface area (Å²) in [5.74, 6) is 0. The van der Waals surface area contributed by atoms with Crippen LogP contribution in [0.3, 0.4) is 0 Å². The zero-order chi connectivity index (χ0) is 12.1. The summed E-state index contributed by atoms with van der Waals surface area (Å²) in [6, 6.07) is 4.83. The molecular formula is C11H17ClN2O2. The molecule has 0 heterocycles. The molecule has 0 aliphatic heterocycles. The summed E-state index contributed by atoms with van der Waals surface area (Å²) in [7, 11) is 1.79. The summed E-state index contributed by atoms with van der Waals surface area (Å²) in [5, 5.41) is 23.0. The minimum Gasteiger partial charge on any atom is -0.398 e. The molecule has 5 heteroatoms. The summed E-state index contributed by atoms with van der Waals surface area (Å²) in [5.41, 5.74) is 6.62. The zero-order valence-corrected chi connectivity index (χ0v) is 9.91. The van der Waals surface area contributed by atoms with Gasteiger partial charge in [-0.3, -0.25) is 0 Å². The lowest BCUT2D eigenvalue weighted by Crippen LogP contribution is -2.23. The van der Waals surface area contributed by atoms with E-state index in [-0.39, 0.29) is 0 Å². The third kappa shape index (κ3) is 3.35. The number of halogens is 1. The molecule has 1 rings (SSSR count). The largest absolute Gasteiger partial charge is 0.398 e. The van der Waals surface area contributed by atoms with Crippen LogP contribution in [0, 0.1) is 0 Å². The second kappa shape index (κ2) is 6.06. The minimum atomic E-state index is -0.981. The Morgan fingerprint density at radius 1 is 1.44 bits per heavy atom. The Kier molecular flexibility index (Phi) is 5.02. The maximum absolute atomic E-state index is 9.89. The summed E-state index contributed by atoms with van der Waals surface area (Å²) in [6.45, 7) is 0.631. The second-order valence-corrected chi connectivity index (χ2v) is 4.11. The monoisotopic (exact) mass is 244 g/mol. The van der Waals surface area contributed by atoms with Crippen LogP contribution in [0.25, 0.3) is 0 Å². The smallest absolute Gasteiger partial charge is 0.107 e. The highest BCUT2D eigenvalue weighted by molar-refractivity contribution is 6.30. The van der Waals surface area contributed by atoms with E-state index in [1.165, 1.54) is 0 Å². The fourth-order valence-electron chi connectivity index (χ4n) is 1.47. The first-order chi connectivity index (χ1) is 7.56. The summed E-state index contributed by atoms with van der Waals surface area (Å²) in [6.07, 6.45) is -1.36. The lowest BCUT2D eigenvalue weighted by Gasteiger charge is -2.19. The van der Waals surface area contributed by atoms with Crippen molar-refractivity contribution >= 4 is 17.3 Å². The van der Waals surface area contributed by atoms with Crippen molar-refractivity contribution < 1.29 is 10.2 Å². The molecule has 0 aromatic heterocycles. The van der Waals surface area contributed by atoms with Crippen molar-refractivity contribution in [2.45, 2.75) is 18.6 Å². The molecule has 0 radical (unpaired) electrons. The van der Waals surface area contributed by atoms with Gasteiger partial charge in [-0.1, -0.05) is 17.7 Å². The van der Waals surface area contributed by atoms with Gasteiger partial charge in [0.15, 0.2) is 0 Å². The number of hydrogen-bond acceptors (Lipinski definition) is 4. The predicted molar refractivity (Wildman–Crippen MR) is 65.4 cm³/mol. The van der Waals surface area contributed by atoms with Crippen molar-refractivity contribution in [3.63, 3.8) is 0 Å². The van der Waals surface area contributed by atoms with Gasteiger partial charge in [0.1, 0.15) is 6.10 Å². The molecule has 2 atom stereocenters. The van der Waals surface area contributed by atoms with Crippen molar-refractivity contribution in [2.24, 2.45) is 0 Å². The van der Waals surface area contributed by atoms with Crippen LogP contribution in [0.15, 0.2) is 18.2 Å². The number of nitrogens with two attached hydrogens (primary N) is 1. The molecule has 0 saturated carbocycles. The molecule has 0 aliphatic carbocycles. The molecule has 0 aliphatic rings. The van der Waals surface area contributed by atoms with Gasteiger partial charge < -0.3 is 21.3 Å². The summed E-state index contributed by atoms with van der Waals surface area (Å²) < 4.78 is 0. The molecule has 0 saturated heterocycles. The number of aliphatic hydroxyl groups is 2.